The Hall–Kier alpha value is -4.62. The lowest BCUT2D eigenvalue weighted by atomic mass is 9.69. The first-order valence-corrected chi connectivity index (χ1v) is 18.6. The van der Waals surface area contributed by atoms with Crippen molar-refractivity contribution in [2.24, 2.45) is 16.7 Å². The van der Waals surface area contributed by atoms with Crippen LogP contribution in [0.15, 0.2) is 60.9 Å². The van der Waals surface area contributed by atoms with E-state index in [1.807, 2.05) is 0 Å². The Kier molecular flexibility index (Phi) is 9.73. The first-order chi connectivity index (χ1) is 25.8. The third kappa shape index (κ3) is 7.78. The van der Waals surface area contributed by atoms with Crippen LogP contribution in [0.25, 0.3) is 5.57 Å². The van der Waals surface area contributed by atoms with Gasteiger partial charge < -0.3 is 14.5 Å². The van der Waals surface area contributed by atoms with E-state index >= 15 is 0 Å². The molecule has 1 atom stereocenters. The molecule has 0 N–H and O–H groups in total. The quantitative estimate of drug-likeness (QED) is 0.162. The van der Waals surface area contributed by atoms with Crippen molar-refractivity contribution < 1.29 is 45.5 Å². The number of amides is 2. The molecule has 2 aliphatic heterocycles. The highest BCUT2D eigenvalue weighted by Crippen LogP contribution is 2.60. The van der Waals surface area contributed by atoms with Crippen molar-refractivity contribution in [2.75, 3.05) is 26.2 Å². The van der Waals surface area contributed by atoms with E-state index < -0.39 is 46.8 Å². The second kappa shape index (κ2) is 13.8. The summed E-state index contributed by atoms with van der Waals surface area (Å²) in [5.74, 6) is -5.28. The molecule has 8 nitrogen and oxygen atoms in total. The largest absolute Gasteiger partial charge is 0.456 e. The Balaban J connectivity index is 1.14. The molecule has 0 radical (unpaired) electrons. The summed E-state index contributed by atoms with van der Waals surface area (Å²) in [5.41, 5.74) is -0.698. The van der Waals surface area contributed by atoms with Gasteiger partial charge in [0.25, 0.3) is 11.8 Å². The number of allylic oxidation sites excluding steroid dienone is 2. The number of benzene rings is 2. The van der Waals surface area contributed by atoms with Gasteiger partial charge in [-0.1, -0.05) is 36.4 Å². The number of halogens is 6. The summed E-state index contributed by atoms with van der Waals surface area (Å²) in [5, 5.41) is 4.32. The maximum atomic E-state index is 14.1. The molecule has 4 aliphatic rings. The van der Waals surface area contributed by atoms with Gasteiger partial charge in [-0.2, -0.15) is 18.3 Å². The number of hydrogen-bond donors (Lipinski definition) is 0. The summed E-state index contributed by atoms with van der Waals surface area (Å²) >= 11 is 0. The number of nitrogens with zero attached hydrogens (tertiary/aromatic N) is 4. The molecule has 294 valence electrons. The monoisotopic (exact) mass is 770 g/mol. The third-order valence-corrected chi connectivity index (χ3v) is 11.5. The van der Waals surface area contributed by atoms with Crippen molar-refractivity contribution in [1.82, 2.24) is 19.6 Å². The fourth-order valence-electron chi connectivity index (χ4n) is 8.38. The Labute approximate surface area is 315 Å². The van der Waals surface area contributed by atoms with Gasteiger partial charge in [0.15, 0.2) is 0 Å². The molecule has 1 saturated carbocycles. The van der Waals surface area contributed by atoms with Crippen LogP contribution in [0, 0.1) is 22.6 Å². The zero-order chi connectivity index (χ0) is 39.6. The van der Waals surface area contributed by atoms with Crippen LogP contribution in [0.5, 0.6) is 0 Å². The summed E-state index contributed by atoms with van der Waals surface area (Å²) in [6.45, 7) is 6.10. The maximum absolute atomic E-state index is 14.1. The number of carbonyl (C=O) groups is 3. The van der Waals surface area contributed by atoms with E-state index in [1.165, 1.54) is 29.3 Å². The standard InChI is InChI=1S/C41H44F6N4O4/c1-37(2,3)55-35(53)33-28(5-4-6-32(33)27-13-15-40(43,44)16-14-27)9-10-30-22-49(23-38(30)24-50(25-38)36(54)39(17-18-39)41(45,46)47)34(52)29-19-48-51(21-29)20-26-7-11-31(42)12-8-26/h4-8,11-13,19,21,30H,9-10,14-18,20,22-25H2,1-3H3. The number of carbonyl (C=O) groups excluding carboxylic acids is 3. The molecular formula is C41H44F6N4O4. The van der Waals surface area contributed by atoms with Crippen molar-refractivity contribution in [3.63, 3.8) is 0 Å². The molecule has 1 unspecified atom stereocenters. The Morgan fingerprint density at radius 2 is 1.64 bits per heavy atom. The van der Waals surface area contributed by atoms with E-state index in [1.54, 1.807) is 66.9 Å². The Morgan fingerprint density at radius 1 is 0.945 bits per heavy atom. The van der Waals surface area contributed by atoms with Gasteiger partial charge in [-0.3, -0.25) is 14.3 Å². The minimum atomic E-state index is -4.65. The topological polar surface area (TPSA) is 84.7 Å². The van der Waals surface area contributed by atoms with Gasteiger partial charge in [-0.15, -0.1) is 0 Å². The number of likely N-dealkylation sites (tertiary alicyclic amines) is 2. The van der Waals surface area contributed by atoms with Crippen LogP contribution in [-0.4, -0.2) is 81.2 Å². The van der Waals surface area contributed by atoms with Crippen molar-refractivity contribution >= 4 is 23.4 Å². The molecule has 1 aromatic heterocycles. The van der Waals surface area contributed by atoms with E-state index in [0.717, 1.165) is 5.56 Å². The van der Waals surface area contributed by atoms with E-state index in [0.29, 0.717) is 41.6 Å². The van der Waals surface area contributed by atoms with Gasteiger partial charge >= 0.3 is 12.1 Å². The summed E-state index contributed by atoms with van der Waals surface area (Å²) in [6.07, 6.45) is -0.573. The second-order valence-corrected chi connectivity index (χ2v) is 16.7. The maximum Gasteiger partial charge on any atom is 0.403 e. The number of aromatic nitrogens is 2. The third-order valence-electron chi connectivity index (χ3n) is 11.5. The Bertz CT molecular complexity index is 2010. The van der Waals surface area contributed by atoms with Crippen LogP contribution in [0.1, 0.15) is 96.7 Å². The summed E-state index contributed by atoms with van der Waals surface area (Å²) in [4.78, 5) is 43.9. The number of aryl methyl sites for hydroxylation is 1. The zero-order valence-corrected chi connectivity index (χ0v) is 31.0. The van der Waals surface area contributed by atoms with Crippen LogP contribution in [0.4, 0.5) is 26.3 Å². The minimum absolute atomic E-state index is 0.0575. The summed E-state index contributed by atoms with van der Waals surface area (Å²) in [6, 6.07) is 11.2. The highest BCUT2D eigenvalue weighted by atomic mass is 19.4. The molecule has 2 aliphatic carbocycles. The van der Waals surface area contributed by atoms with Crippen molar-refractivity contribution in [3.8, 4) is 0 Å². The molecule has 3 fully saturated rings. The fraction of sp³-hybridized carbons (Fsp3) is 0.512. The summed E-state index contributed by atoms with van der Waals surface area (Å²) < 4.78 is 90.8. The molecule has 2 aromatic carbocycles. The predicted molar refractivity (Wildman–Crippen MR) is 191 cm³/mol. The van der Waals surface area contributed by atoms with Gasteiger partial charge in [-0.25, -0.2) is 18.0 Å². The van der Waals surface area contributed by atoms with Gasteiger partial charge in [-0.05, 0) is 93.2 Å². The number of esters is 1. The fourth-order valence-corrected chi connectivity index (χ4v) is 8.38. The molecule has 2 saturated heterocycles. The van der Waals surface area contributed by atoms with Crippen LogP contribution < -0.4 is 0 Å². The first kappa shape index (κ1) is 38.6. The molecule has 14 heteroatoms. The van der Waals surface area contributed by atoms with E-state index in [4.69, 9.17) is 4.74 Å². The zero-order valence-electron chi connectivity index (χ0n) is 31.0. The number of rotatable bonds is 9. The molecular weight excluding hydrogens is 726 g/mol. The lowest BCUT2D eigenvalue weighted by Gasteiger charge is -2.52. The number of hydrogen-bond acceptors (Lipinski definition) is 5. The van der Waals surface area contributed by atoms with Crippen LogP contribution in [-0.2, 0) is 22.5 Å². The average molecular weight is 771 g/mol. The second-order valence-electron chi connectivity index (χ2n) is 16.7. The van der Waals surface area contributed by atoms with Crippen molar-refractivity contribution in [3.05, 3.63) is 94.6 Å². The van der Waals surface area contributed by atoms with Crippen LogP contribution in [0.3, 0.4) is 0 Å². The number of alkyl halides is 5. The lowest BCUT2D eigenvalue weighted by Crippen LogP contribution is -2.64. The Morgan fingerprint density at radius 3 is 2.25 bits per heavy atom. The summed E-state index contributed by atoms with van der Waals surface area (Å²) in [7, 11) is 0. The van der Waals surface area contributed by atoms with Gasteiger partial charge in [0.05, 0.1) is 23.9 Å². The van der Waals surface area contributed by atoms with Crippen molar-refractivity contribution in [2.45, 2.75) is 90.0 Å². The molecule has 3 aromatic rings. The smallest absolute Gasteiger partial charge is 0.403 e. The van der Waals surface area contributed by atoms with E-state index in [-0.39, 0.29) is 75.1 Å². The van der Waals surface area contributed by atoms with Crippen molar-refractivity contribution in [1.29, 1.82) is 0 Å². The predicted octanol–water partition coefficient (Wildman–Crippen LogP) is 8.10. The van der Waals surface area contributed by atoms with Gasteiger partial charge in [0.1, 0.15) is 16.8 Å². The SMILES string of the molecule is CC(C)(C)OC(=O)c1c(CCC2CN(C(=O)c3cnn(Cc4ccc(F)cc4)c3)CC23CN(C(=O)C2(C(F)(F)F)CC2)C3)cccc1C1=CCC(F)(F)CC1. The van der Waals surface area contributed by atoms with Gasteiger partial charge in [0, 0.05) is 50.6 Å². The molecule has 1 spiro atoms. The van der Waals surface area contributed by atoms with Crippen LogP contribution >= 0.6 is 0 Å². The molecule has 3 heterocycles. The average Bonchev–Trinajstić information content (AvgIpc) is 3.65. The van der Waals surface area contributed by atoms with Gasteiger partial charge in [0.2, 0.25) is 5.91 Å². The van der Waals surface area contributed by atoms with Crippen LogP contribution in [0.2, 0.25) is 0 Å². The minimum Gasteiger partial charge on any atom is -0.456 e. The normalized spacial score (nSPS) is 21.3. The number of ether oxygens (including phenoxy) is 1. The molecule has 2 amide bonds. The van der Waals surface area contributed by atoms with E-state index in [9.17, 15) is 40.7 Å². The molecule has 0 bridgehead atoms. The first-order valence-electron chi connectivity index (χ1n) is 18.6. The highest BCUT2D eigenvalue weighted by molar-refractivity contribution is 5.97. The molecule has 7 rings (SSSR count). The highest BCUT2D eigenvalue weighted by Gasteiger charge is 2.71. The van der Waals surface area contributed by atoms with E-state index in [2.05, 4.69) is 5.10 Å². The lowest BCUT2D eigenvalue weighted by molar-refractivity contribution is -0.205. The molecule has 55 heavy (non-hydrogen) atoms.